The van der Waals surface area contributed by atoms with E-state index >= 15 is 0 Å². The van der Waals surface area contributed by atoms with Crippen molar-refractivity contribution in [2.45, 2.75) is 31.2 Å². The number of aryl methyl sites for hydroxylation is 1. The molecule has 0 unspecified atom stereocenters. The second-order valence-electron chi connectivity index (χ2n) is 7.01. The number of nitrogens with one attached hydrogen (secondary N) is 1. The van der Waals surface area contributed by atoms with Gasteiger partial charge < -0.3 is 10.2 Å². The smallest absolute Gasteiger partial charge is 0.226 e. The Morgan fingerprint density at radius 2 is 1.96 bits per heavy atom. The molecule has 2 fully saturated rings. The molecule has 1 aromatic carbocycles. The highest BCUT2D eigenvalue weighted by Gasteiger charge is 2.46. The highest BCUT2D eigenvalue weighted by atomic mass is 16.2. The molecule has 2 aromatic rings. The lowest BCUT2D eigenvalue weighted by Gasteiger charge is -2.33. The van der Waals surface area contributed by atoms with Crippen LogP contribution in [0.5, 0.6) is 0 Å². The first-order chi connectivity index (χ1) is 11.7. The number of para-hydroxylation sites is 1. The zero-order valence-corrected chi connectivity index (χ0v) is 14.1. The van der Waals surface area contributed by atoms with Crippen molar-refractivity contribution in [1.29, 1.82) is 0 Å². The summed E-state index contributed by atoms with van der Waals surface area (Å²) in [7, 11) is 1.92. The van der Waals surface area contributed by atoms with Crippen molar-refractivity contribution in [1.82, 2.24) is 14.7 Å². The average Bonchev–Trinajstić information content (AvgIpc) is 3.30. The monoisotopic (exact) mass is 324 g/mol. The summed E-state index contributed by atoms with van der Waals surface area (Å²) in [6, 6.07) is 10.8. The van der Waals surface area contributed by atoms with Gasteiger partial charge in [0.05, 0.1) is 6.20 Å². The van der Waals surface area contributed by atoms with E-state index in [2.05, 4.69) is 27.4 Å². The molecule has 5 nitrogen and oxygen atoms in total. The van der Waals surface area contributed by atoms with Crippen molar-refractivity contribution in [3.05, 3.63) is 48.3 Å². The highest BCUT2D eigenvalue weighted by molar-refractivity contribution is 5.83. The van der Waals surface area contributed by atoms with Gasteiger partial charge in [-0.3, -0.25) is 9.48 Å². The Morgan fingerprint density at radius 3 is 2.62 bits per heavy atom. The number of benzene rings is 1. The van der Waals surface area contributed by atoms with Crippen LogP contribution in [0.3, 0.4) is 0 Å². The van der Waals surface area contributed by atoms with Crippen LogP contribution in [0.15, 0.2) is 42.7 Å². The van der Waals surface area contributed by atoms with E-state index in [1.54, 1.807) is 0 Å². The molecule has 2 heterocycles. The molecule has 1 N–H and O–H groups in total. The third-order valence-corrected chi connectivity index (χ3v) is 5.21. The van der Waals surface area contributed by atoms with E-state index in [9.17, 15) is 4.79 Å². The lowest BCUT2D eigenvalue weighted by molar-refractivity contribution is -0.133. The Labute approximate surface area is 142 Å². The molecule has 1 aliphatic carbocycles. The first-order valence-corrected chi connectivity index (χ1v) is 8.79. The SMILES string of the molecule is Cn1cc([C@H]2C[C@H]2C(=O)N2CCC(Nc3ccccc3)CC2)cn1. The molecule has 1 saturated carbocycles. The minimum absolute atomic E-state index is 0.174. The Kier molecular flexibility index (Phi) is 4.00. The van der Waals surface area contributed by atoms with Gasteiger partial charge in [0.25, 0.3) is 0 Å². The van der Waals surface area contributed by atoms with E-state index in [4.69, 9.17) is 0 Å². The maximum atomic E-state index is 12.7. The lowest BCUT2D eigenvalue weighted by atomic mass is 10.0. The summed E-state index contributed by atoms with van der Waals surface area (Å²) in [6.45, 7) is 1.72. The van der Waals surface area contributed by atoms with Crippen LogP contribution in [0, 0.1) is 5.92 Å². The quantitative estimate of drug-likeness (QED) is 0.940. The Hall–Kier alpha value is -2.30. The summed E-state index contributed by atoms with van der Waals surface area (Å²) in [6.07, 6.45) is 6.95. The van der Waals surface area contributed by atoms with Crippen LogP contribution in [0.2, 0.25) is 0 Å². The molecule has 0 spiro atoms. The van der Waals surface area contributed by atoms with Crippen LogP contribution < -0.4 is 5.32 Å². The molecule has 126 valence electrons. The summed E-state index contributed by atoms with van der Waals surface area (Å²) >= 11 is 0. The molecule has 24 heavy (non-hydrogen) atoms. The number of carbonyl (C=O) groups is 1. The van der Waals surface area contributed by atoms with E-state index in [1.165, 1.54) is 11.3 Å². The minimum atomic E-state index is 0.174. The van der Waals surface area contributed by atoms with Gasteiger partial charge in [-0.25, -0.2) is 0 Å². The van der Waals surface area contributed by atoms with Gasteiger partial charge in [0.15, 0.2) is 0 Å². The van der Waals surface area contributed by atoms with E-state index in [-0.39, 0.29) is 5.92 Å². The van der Waals surface area contributed by atoms with Crippen LogP contribution in [0.4, 0.5) is 5.69 Å². The molecular weight excluding hydrogens is 300 g/mol. The predicted molar refractivity (Wildman–Crippen MR) is 93.7 cm³/mol. The summed E-state index contributed by atoms with van der Waals surface area (Å²) in [5.74, 6) is 0.890. The fraction of sp³-hybridized carbons (Fsp3) is 0.474. The normalized spacial score (nSPS) is 24.0. The summed E-state index contributed by atoms with van der Waals surface area (Å²) in [4.78, 5) is 14.8. The van der Waals surface area contributed by atoms with Gasteiger partial charge in [-0.2, -0.15) is 5.10 Å². The van der Waals surface area contributed by atoms with E-state index in [1.807, 2.05) is 42.3 Å². The number of hydrogen-bond donors (Lipinski definition) is 1. The maximum absolute atomic E-state index is 12.7. The highest BCUT2D eigenvalue weighted by Crippen LogP contribution is 2.48. The number of hydrogen-bond acceptors (Lipinski definition) is 3. The van der Waals surface area contributed by atoms with Gasteiger partial charge in [-0.1, -0.05) is 18.2 Å². The number of amides is 1. The van der Waals surface area contributed by atoms with Crippen LogP contribution >= 0.6 is 0 Å². The summed E-state index contributed by atoms with van der Waals surface area (Å²) < 4.78 is 1.82. The Bertz CT molecular complexity index is 703. The molecule has 5 heteroatoms. The van der Waals surface area contributed by atoms with Crippen LogP contribution in [-0.2, 0) is 11.8 Å². The van der Waals surface area contributed by atoms with Gasteiger partial charge in [0, 0.05) is 44.0 Å². The van der Waals surface area contributed by atoms with E-state index < -0.39 is 0 Å². The fourth-order valence-electron chi connectivity index (χ4n) is 3.72. The van der Waals surface area contributed by atoms with Crippen molar-refractivity contribution >= 4 is 11.6 Å². The van der Waals surface area contributed by atoms with Crippen molar-refractivity contribution in [2.75, 3.05) is 18.4 Å². The summed E-state index contributed by atoms with van der Waals surface area (Å²) in [5, 5.41) is 7.79. The standard InChI is InChI=1S/C19H24N4O/c1-22-13-14(12-20-22)17-11-18(17)19(24)23-9-7-16(8-10-23)21-15-5-3-2-4-6-15/h2-6,12-13,16-18,21H,7-11H2,1H3/t17-,18-/m1/s1. The topological polar surface area (TPSA) is 50.2 Å². The largest absolute Gasteiger partial charge is 0.382 e. The van der Waals surface area contributed by atoms with Crippen molar-refractivity contribution in [2.24, 2.45) is 13.0 Å². The number of carbonyl (C=O) groups excluding carboxylic acids is 1. The third kappa shape index (κ3) is 3.16. The van der Waals surface area contributed by atoms with Crippen LogP contribution in [0.25, 0.3) is 0 Å². The molecule has 2 aliphatic rings. The average molecular weight is 324 g/mol. The third-order valence-electron chi connectivity index (χ3n) is 5.21. The summed E-state index contributed by atoms with van der Waals surface area (Å²) in [5.41, 5.74) is 2.37. The Morgan fingerprint density at radius 1 is 1.21 bits per heavy atom. The number of anilines is 1. The van der Waals surface area contributed by atoms with E-state index in [0.717, 1.165) is 32.4 Å². The number of piperidine rings is 1. The molecule has 0 bridgehead atoms. The van der Waals surface area contributed by atoms with Gasteiger partial charge >= 0.3 is 0 Å². The van der Waals surface area contributed by atoms with Crippen molar-refractivity contribution in [3.63, 3.8) is 0 Å². The number of likely N-dealkylation sites (tertiary alicyclic amines) is 1. The Balaban J connectivity index is 1.28. The molecular formula is C19H24N4O. The number of rotatable bonds is 4. The first-order valence-electron chi connectivity index (χ1n) is 8.79. The van der Waals surface area contributed by atoms with Gasteiger partial charge in [-0.15, -0.1) is 0 Å². The molecule has 0 radical (unpaired) electrons. The zero-order valence-electron chi connectivity index (χ0n) is 14.1. The second kappa shape index (κ2) is 6.30. The first kappa shape index (κ1) is 15.2. The van der Waals surface area contributed by atoms with Gasteiger partial charge in [0.2, 0.25) is 5.91 Å². The van der Waals surface area contributed by atoms with Crippen molar-refractivity contribution < 1.29 is 4.79 Å². The molecule has 1 amide bonds. The van der Waals surface area contributed by atoms with Crippen LogP contribution in [-0.4, -0.2) is 39.7 Å². The van der Waals surface area contributed by atoms with Gasteiger partial charge in [-0.05, 0) is 42.9 Å². The van der Waals surface area contributed by atoms with Gasteiger partial charge in [0.1, 0.15) is 0 Å². The predicted octanol–water partition coefficient (Wildman–Crippen LogP) is 2.63. The lowest BCUT2D eigenvalue weighted by Crippen LogP contribution is -2.43. The number of aromatic nitrogens is 2. The molecule has 4 rings (SSSR count). The number of nitrogens with zero attached hydrogens (tertiary/aromatic N) is 3. The maximum Gasteiger partial charge on any atom is 0.226 e. The van der Waals surface area contributed by atoms with E-state index in [0.29, 0.717) is 17.9 Å². The zero-order chi connectivity index (χ0) is 16.5. The molecule has 1 aromatic heterocycles. The molecule has 1 saturated heterocycles. The van der Waals surface area contributed by atoms with Crippen molar-refractivity contribution in [3.8, 4) is 0 Å². The second-order valence-corrected chi connectivity index (χ2v) is 7.01. The fourth-order valence-corrected chi connectivity index (χ4v) is 3.72. The minimum Gasteiger partial charge on any atom is -0.382 e. The molecule has 1 aliphatic heterocycles. The van der Waals surface area contributed by atoms with Crippen LogP contribution in [0.1, 0.15) is 30.7 Å². The molecule has 2 atom stereocenters.